The Morgan fingerprint density at radius 2 is 2.20 bits per heavy atom. The Bertz CT molecular complexity index is 703. The summed E-state index contributed by atoms with van der Waals surface area (Å²) in [5.74, 6) is 1.83. The van der Waals surface area contributed by atoms with Crippen molar-refractivity contribution in [3.63, 3.8) is 0 Å². The van der Waals surface area contributed by atoms with Crippen LogP contribution in [0.15, 0.2) is 30.2 Å². The first-order chi connectivity index (χ1) is 9.78. The lowest BCUT2D eigenvalue weighted by Gasteiger charge is -2.07. The number of hydrogen-bond donors (Lipinski definition) is 1. The predicted molar refractivity (Wildman–Crippen MR) is 79.2 cm³/mol. The van der Waals surface area contributed by atoms with Gasteiger partial charge < -0.3 is 5.32 Å². The molecule has 0 aromatic carbocycles. The van der Waals surface area contributed by atoms with E-state index in [1.165, 1.54) is 5.56 Å². The molecular weight excluding hydrogens is 272 g/mol. The molecule has 0 fully saturated rings. The first-order valence-corrected chi connectivity index (χ1v) is 7.18. The Morgan fingerprint density at radius 3 is 2.85 bits per heavy atom. The van der Waals surface area contributed by atoms with Crippen LogP contribution < -0.4 is 5.32 Å². The monoisotopic (exact) mass is 286 g/mol. The van der Waals surface area contributed by atoms with Crippen LogP contribution in [-0.2, 0) is 0 Å². The van der Waals surface area contributed by atoms with E-state index in [-0.39, 0.29) is 0 Å². The largest absolute Gasteiger partial charge is 0.354 e. The van der Waals surface area contributed by atoms with Crippen LogP contribution in [-0.4, -0.2) is 31.0 Å². The Labute approximate surface area is 120 Å². The third-order valence-electron chi connectivity index (χ3n) is 2.76. The fraction of sp³-hybridized carbons (Fsp3) is 0.231. The molecule has 0 unspecified atom stereocenters. The van der Waals surface area contributed by atoms with Gasteiger partial charge in [-0.15, -0.1) is 11.3 Å². The zero-order valence-corrected chi connectivity index (χ0v) is 12.1. The van der Waals surface area contributed by atoms with Crippen molar-refractivity contribution in [2.24, 2.45) is 0 Å². The van der Waals surface area contributed by atoms with Crippen molar-refractivity contribution in [2.75, 3.05) is 11.9 Å². The lowest BCUT2D eigenvalue weighted by atomic mass is 10.3. The Hall–Kier alpha value is -2.28. The van der Waals surface area contributed by atoms with Crippen LogP contribution in [0, 0.1) is 6.92 Å². The summed E-state index contributed by atoms with van der Waals surface area (Å²) in [7, 11) is 0. The molecule has 3 aromatic rings. The second-order valence-corrected chi connectivity index (χ2v) is 5.13. The number of nitrogens with one attached hydrogen (secondary N) is 1. The number of thiophene rings is 1. The number of nitrogens with zero attached hydrogens (tertiary/aromatic N) is 5. The molecule has 1 N–H and O–H groups in total. The first-order valence-electron chi connectivity index (χ1n) is 6.30. The van der Waals surface area contributed by atoms with Crippen molar-refractivity contribution in [3.8, 4) is 16.6 Å². The summed E-state index contributed by atoms with van der Waals surface area (Å²) < 4.78 is 1.77. The lowest BCUT2D eigenvalue weighted by molar-refractivity contribution is 0.897. The van der Waals surface area contributed by atoms with Crippen molar-refractivity contribution in [1.82, 2.24) is 24.5 Å². The number of aryl methyl sites for hydroxylation is 1. The van der Waals surface area contributed by atoms with Crippen LogP contribution in [0.25, 0.3) is 16.6 Å². The maximum atomic E-state index is 4.53. The van der Waals surface area contributed by atoms with Crippen molar-refractivity contribution >= 4 is 17.3 Å². The standard InChI is InChI=1S/C13H14N6S/c1-3-15-12-16-11(10-9(2)4-7-20-10)17-13(18-12)19-6-5-14-8-19/h4-8H,3H2,1-2H3,(H,15,16,17,18). The molecule has 3 heterocycles. The van der Waals surface area contributed by atoms with Crippen LogP contribution >= 0.6 is 11.3 Å². The van der Waals surface area contributed by atoms with Gasteiger partial charge in [0.15, 0.2) is 5.82 Å². The minimum absolute atomic E-state index is 0.566. The third-order valence-corrected chi connectivity index (χ3v) is 3.77. The molecule has 0 aliphatic heterocycles. The summed E-state index contributed by atoms with van der Waals surface area (Å²) in [6.07, 6.45) is 5.19. The smallest absolute Gasteiger partial charge is 0.240 e. The zero-order valence-electron chi connectivity index (χ0n) is 11.2. The highest BCUT2D eigenvalue weighted by Gasteiger charge is 2.12. The van der Waals surface area contributed by atoms with Crippen LogP contribution in [0.2, 0.25) is 0 Å². The van der Waals surface area contributed by atoms with E-state index in [4.69, 9.17) is 0 Å². The van der Waals surface area contributed by atoms with Crippen molar-refractivity contribution < 1.29 is 0 Å². The summed E-state index contributed by atoms with van der Waals surface area (Å²) in [6, 6.07) is 2.06. The molecule has 0 saturated carbocycles. The summed E-state index contributed by atoms with van der Waals surface area (Å²) in [5.41, 5.74) is 1.17. The minimum Gasteiger partial charge on any atom is -0.354 e. The van der Waals surface area contributed by atoms with E-state index in [2.05, 4.69) is 38.2 Å². The summed E-state index contributed by atoms with van der Waals surface area (Å²) in [6.45, 7) is 4.83. The molecule has 7 heteroatoms. The van der Waals surface area contributed by atoms with Gasteiger partial charge in [0.1, 0.15) is 6.33 Å². The van der Waals surface area contributed by atoms with Crippen molar-refractivity contribution in [2.45, 2.75) is 13.8 Å². The highest BCUT2D eigenvalue weighted by Crippen LogP contribution is 2.27. The van der Waals surface area contributed by atoms with Gasteiger partial charge in [-0.3, -0.25) is 4.57 Å². The van der Waals surface area contributed by atoms with Gasteiger partial charge in [-0.1, -0.05) is 0 Å². The van der Waals surface area contributed by atoms with E-state index in [1.807, 2.05) is 18.5 Å². The van der Waals surface area contributed by atoms with E-state index in [0.717, 1.165) is 11.4 Å². The van der Waals surface area contributed by atoms with Crippen LogP contribution in [0.5, 0.6) is 0 Å². The van der Waals surface area contributed by atoms with Gasteiger partial charge in [-0.2, -0.15) is 15.0 Å². The van der Waals surface area contributed by atoms with E-state index < -0.39 is 0 Å². The molecule has 0 saturated heterocycles. The number of aromatic nitrogens is 5. The maximum Gasteiger partial charge on any atom is 0.240 e. The molecule has 0 amide bonds. The molecule has 6 nitrogen and oxygen atoms in total. The molecule has 0 atom stereocenters. The van der Waals surface area contributed by atoms with Gasteiger partial charge in [-0.05, 0) is 30.9 Å². The molecular formula is C13H14N6S. The van der Waals surface area contributed by atoms with Gasteiger partial charge in [0.05, 0.1) is 4.88 Å². The SMILES string of the molecule is CCNc1nc(-c2sccc2C)nc(-n2ccnc2)n1. The van der Waals surface area contributed by atoms with Crippen molar-refractivity contribution in [3.05, 3.63) is 35.7 Å². The molecule has 20 heavy (non-hydrogen) atoms. The van der Waals surface area contributed by atoms with Gasteiger partial charge in [0.25, 0.3) is 0 Å². The minimum atomic E-state index is 0.566. The van der Waals surface area contributed by atoms with Gasteiger partial charge >= 0.3 is 0 Å². The van der Waals surface area contributed by atoms with Gasteiger partial charge in [-0.25, -0.2) is 4.98 Å². The second kappa shape index (κ2) is 5.38. The topological polar surface area (TPSA) is 68.5 Å². The molecule has 3 aromatic heterocycles. The van der Waals surface area contributed by atoms with Gasteiger partial charge in [0.2, 0.25) is 11.9 Å². The van der Waals surface area contributed by atoms with Crippen LogP contribution in [0.3, 0.4) is 0 Å². The first kappa shape index (κ1) is 12.7. The van der Waals surface area contributed by atoms with Gasteiger partial charge in [0, 0.05) is 18.9 Å². The Balaban J connectivity index is 2.12. The van der Waals surface area contributed by atoms with Crippen molar-refractivity contribution in [1.29, 1.82) is 0 Å². The van der Waals surface area contributed by atoms with E-state index in [9.17, 15) is 0 Å². The van der Waals surface area contributed by atoms with Crippen LogP contribution in [0.4, 0.5) is 5.95 Å². The quantitative estimate of drug-likeness (QED) is 0.798. The molecule has 0 aliphatic rings. The number of imidazole rings is 1. The molecule has 0 aliphatic carbocycles. The lowest BCUT2D eigenvalue weighted by Crippen LogP contribution is -2.08. The number of rotatable bonds is 4. The Morgan fingerprint density at radius 1 is 1.30 bits per heavy atom. The predicted octanol–water partition coefficient (Wildman–Crippen LogP) is 2.53. The average Bonchev–Trinajstić information content (AvgIpc) is 3.09. The maximum absolute atomic E-state index is 4.53. The fourth-order valence-electron chi connectivity index (χ4n) is 1.80. The number of hydrogen-bond acceptors (Lipinski definition) is 6. The molecule has 102 valence electrons. The van der Waals surface area contributed by atoms with E-state index >= 15 is 0 Å². The van der Waals surface area contributed by atoms with E-state index in [1.54, 1.807) is 28.4 Å². The molecule has 0 radical (unpaired) electrons. The molecule has 3 rings (SSSR count). The van der Waals surface area contributed by atoms with Crippen LogP contribution in [0.1, 0.15) is 12.5 Å². The second-order valence-electron chi connectivity index (χ2n) is 4.22. The fourth-order valence-corrected chi connectivity index (χ4v) is 2.66. The third kappa shape index (κ3) is 2.39. The highest BCUT2D eigenvalue weighted by atomic mass is 32.1. The summed E-state index contributed by atoms with van der Waals surface area (Å²) in [4.78, 5) is 18.5. The number of anilines is 1. The summed E-state index contributed by atoms with van der Waals surface area (Å²) >= 11 is 1.63. The molecule has 0 bridgehead atoms. The van der Waals surface area contributed by atoms with E-state index in [0.29, 0.717) is 17.7 Å². The average molecular weight is 286 g/mol. The highest BCUT2D eigenvalue weighted by molar-refractivity contribution is 7.13. The zero-order chi connectivity index (χ0) is 13.9. The Kier molecular flexibility index (Phi) is 3.42. The molecule has 0 spiro atoms. The normalized spacial score (nSPS) is 10.7. The summed E-state index contributed by atoms with van der Waals surface area (Å²) in [5, 5.41) is 5.18.